The van der Waals surface area contributed by atoms with Crippen LogP contribution in [0.4, 0.5) is 0 Å². The Morgan fingerprint density at radius 2 is 2.06 bits per heavy atom. The maximum absolute atomic E-state index is 11.1. The first kappa shape index (κ1) is 13.5. The molecule has 16 heavy (non-hydrogen) atoms. The van der Waals surface area contributed by atoms with E-state index < -0.39 is 5.97 Å². The van der Waals surface area contributed by atoms with Crippen LogP contribution >= 0.6 is 0 Å². The van der Waals surface area contributed by atoms with E-state index in [2.05, 4.69) is 20.8 Å². The van der Waals surface area contributed by atoms with Crippen LogP contribution in [0.25, 0.3) is 0 Å². The fraction of sp³-hybridized carbons (Fsp3) is 0.917. The predicted octanol–water partition coefficient (Wildman–Crippen LogP) is 1.45. The first-order chi connectivity index (χ1) is 7.36. The summed E-state index contributed by atoms with van der Waals surface area (Å²) in [5.74, 6) is -0.124. The molecule has 1 rings (SSSR count). The summed E-state index contributed by atoms with van der Waals surface area (Å²) in [6.07, 6.45) is 0.572. The van der Waals surface area contributed by atoms with E-state index in [4.69, 9.17) is 9.84 Å². The first-order valence-electron chi connectivity index (χ1n) is 5.82. The topological polar surface area (TPSA) is 49.8 Å². The molecule has 1 N–H and O–H groups in total. The third-order valence-electron chi connectivity index (χ3n) is 3.46. The van der Waals surface area contributed by atoms with Gasteiger partial charge in [-0.1, -0.05) is 20.8 Å². The number of ether oxygens (including phenoxy) is 1. The number of rotatable bonds is 5. The number of methoxy groups -OCH3 is 1. The lowest BCUT2D eigenvalue weighted by atomic mass is 9.75. The van der Waals surface area contributed by atoms with Gasteiger partial charge in [0, 0.05) is 26.8 Å². The van der Waals surface area contributed by atoms with Gasteiger partial charge in [-0.15, -0.1) is 0 Å². The number of hydrogen-bond donors (Lipinski definition) is 1. The molecule has 1 aliphatic heterocycles. The minimum Gasteiger partial charge on any atom is -0.480 e. The number of likely N-dealkylation sites (tertiary alicyclic amines) is 1. The van der Waals surface area contributed by atoms with Crippen molar-refractivity contribution < 1.29 is 14.6 Å². The number of carboxylic acid groups (broad SMARTS) is 1. The first-order valence-corrected chi connectivity index (χ1v) is 5.82. The standard InChI is InChI=1S/C12H23NO3/c1-12(2,3)9-7-13(8-9)10(11(14)15)5-6-16-4/h9-10H,5-8H2,1-4H3,(H,14,15). The highest BCUT2D eigenvalue weighted by atomic mass is 16.5. The van der Waals surface area contributed by atoms with Crippen LogP contribution in [-0.2, 0) is 9.53 Å². The van der Waals surface area contributed by atoms with Crippen molar-refractivity contribution in [3.05, 3.63) is 0 Å². The highest BCUT2D eigenvalue weighted by molar-refractivity contribution is 5.73. The van der Waals surface area contributed by atoms with Crippen LogP contribution in [0.5, 0.6) is 0 Å². The predicted molar refractivity (Wildman–Crippen MR) is 62.4 cm³/mol. The third-order valence-corrected chi connectivity index (χ3v) is 3.46. The molecule has 94 valence electrons. The summed E-state index contributed by atoms with van der Waals surface area (Å²) in [6, 6.07) is -0.376. The van der Waals surface area contributed by atoms with E-state index in [0.29, 0.717) is 18.9 Å². The van der Waals surface area contributed by atoms with E-state index in [1.807, 2.05) is 4.90 Å². The molecule has 0 aromatic rings. The van der Waals surface area contributed by atoms with Gasteiger partial charge in [0.05, 0.1) is 0 Å². The Morgan fingerprint density at radius 3 is 2.44 bits per heavy atom. The van der Waals surface area contributed by atoms with Crippen LogP contribution in [0.2, 0.25) is 0 Å². The molecule has 4 nitrogen and oxygen atoms in total. The Labute approximate surface area is 97.6 Å². The number of hydrogen-bond acceptors (Lipinski definition) is 3. The maximum Gasteiger partial charge on any atom is 0.321 e. The van der Waals surface area contributed by atoms with E-state index >= 15 is 0 Å². The molecule has 0 aromatic carbocycles. The Morgan fingerprint density at radius 1 is 1.50 bits per heavy atom. The van der Waals surface area contributed by atoms with Crippen molar-refractivity contribution in [2.75, 3.05) is 26.8 Å². The average Bonchev–Trinajstić information content (AvgIpc) is 2.05. The maximum atomic E-state index is 11.1. The lowest BCUT2D eigenvalue weighted by Gasteiger charge is -2.48. The van der Waals surface area contributed by atoms with Crippen molar-refractivity contribution in [2.24, 2.45) is 11.3 Å². The third kappa shape index (κ3) is 3.19. The van der Waals surface area contributed by atoms with Gasteiger partial charge in [0.2, 0.25) is 0 Å². The van der Waals surface area contributed by atoms with E-state index in [0.717, 1.165) is 13.1 Å². The lowest BCUT2D eigenvalue weighted by Crippen LogP contribution is -2.58. The van der Waals surface area contributed by atoms with Crippen molar-refractivity contribution in [1.82, 2.24) is 4.90 Å². The van der Waals surface area contributed by atoms with Crippen molar-refractivity contribution >= 4 is 5.97 Å². The normalized spacial score (nSPS) is 20.5. The van der Waals surface area contributed by atoms with Gasteiger partial charge in [0.1, 0.15) is 6.04 Å². The van der Waals surface area contributed by atoms with Gasteiger partial charge in [-0.2, -0.15) is 0 Å². The second-order valence-electron chi connectivity index (χ2n) is 5.65. The van der Waals surface area contributed by atoms with E-state index in [-0.39, 0.29) is 11.5 Å². The molecular weight excluding hydrogens is 206 g/mol. The Hall–Kier alpha value is -0.610. The van der Waals surface area contributed by atoms with E-state index in [1.165, 1.54) is 0 Å². The zero-order chi connectivity index (χ0) is 12.3. The molecule has 1 aliphatic rings. The quantitative estimate of drug-likeness (QED) is 0.775. The Balaban J connectivity index is 2.43. The monoisotopic (exact) mass is 229 g/mol. The van der Waals surface area contributed by atoms with Crippen LogP contribution in [0.15, 0.2) is 0 Å². The molecule has 1 unspecified atom stereocenters. The second kappa shape index (κ2) is 5.15. The molecule has 0 bridgehead atoms. The molecule has 1 heterocycles. The molecule has 1 saturated heterocycles. The largest absolute Gasteiger partial charge is 0.480 e. The molecule has 1 fully saturated rings. The zero-order valence-electron chi connectivity index (χ0n) is 10.7. The summed E-state index contributed by atoms with van der Waals surface area (Å²) in [4.78, 5) is 13.1. The van der Waals surface area contributed by atoms with Crippen molar-refractivity contribution in [3.8, 4) is 0 Å². The minimum atomic E-state index is -0.732. The van der Waals surface area contributed by atoms with Crippen molar-refractivity contribution in [1.29, 1.82) is 0 Å². The van der Waals surface area contributed by atoms with Gasteiger partial charge in [-0.05, 0) is 17.8 Å². The van der Waals surface area contributed by atoms with Crippen molar-refractivity contribution in [2.45, 2.75) is 33.2 Å². The number of aliphatic carboxylic acids is 1. The van der Waals surface area contributed by atoms with Gasteiger partial charge in [0.25, 0.3) is 0 Å². The number of nitrogens with zero attached hydrogens (tertiary/aromatic N) is 1. The van der Waals surface area contributed by atoms with Gasteiger partial charge in [-0.25, -0.2) is 0 Å². The fourth-order valence-corrected chi connectivity index (χ4v) is 2.01. The summed E-state index contributed by atoms with van der Waals surface area (Å²) in [5, 5.41) is 9.13. The molecule has 4 heteroatoms. The van der Waals surface area contributed by atoms with Gasteiger partial charge in [0.15, 0.2) is 0 Å². The molecule has 0 radical (unpaired) electrons. The molecule has 1 atom stereocenters. The van der Waals surface area contributed by atoms with E-state index in [1.54, 1.807) is 7.11 Å². The SMILES string of the molecule is COCCC(C(=O)O)N1CC(C(C)(C)C)C1. The molecule has 0 spiro atoms. The highest BCUT2D eigenvalue weighted by Gasteiger charge is 2.40. The number of carbonyl (C=O) groups is 1. The van der Waals surface area contributed by atoms with Gasteiger partial charge >= 0.3 is 5.97 Å². The average molecular weight is 229 g/mol. The second-order valence-corrected chi connectivity index (χ2v) is 5.65. The summed E-state index contributed by atoms with van der Waals surface area (Å²) < 4.78 is 4.95. The zero-order valence-corrected chi connectivity index (χ0v) is 10.7. The van der Waals surface area contributed by atoms with E-state index in [9.17, 15) is 4.79 Å². The molecule has 0 amide bonds. The summed E-state index contributed by atoms with van der Waals surface area (Å²) in [7, 11) is 1.60. The van der Waals surface area contributed by atoms with Gasteiger partial charge < -0.3 is 9.84 Å². The van der Waals surface area contributed by atoms with Crippen molar-refractivity contribution in [3.63, 3.8) is 0 Å². The number of carboxylic acids is 1. The summed E-state index contributed by atoms with van der Waals surface area (Å²) in [5.41, 5.74) is 0.279. The van der Waals surface area contributed by atoms with Gasteiger partial charge in [-0.3, -0.25) is 9.69 Å². The highest BCUT2D eigenvalue weighted by Crippen LogP contribution is 2.35. The molecule has 0 saturated carbocycles. The smallest absolute Gasteiger partial charge is 0.321 e. The lowest BCUT2D eigenvalue weighted by molar-refractivity contribution is -0.148. The Kier molecular flexibility index (Phi) is 4.33. The van der Waals surface area contributed by atoms with Crippen LogP contribution in [0.3, 0.4) is 0 Å². The van der Waals surface area contributed by atoms with Crippen LogP contribution in [0, 0.1) is 11.3 Å². The summed E-state index contributed by atoms with van der Waals surface area (Å²) in [6.45, 7) is 8.92. The van der Waals surface area contributed by atoms with Crippen LogP contribution in [-0.4, -0.2) is 48.8 Å². The molecule has 0 aromatic heterocycles. The molecular formula is C12H23NO3. The van der Waals surface area contributed by atoms with Crippen LogP contribution in [0.1, 0.15) is 27.2 Å². The van der Waals surface area contributed by atoms with Crippen LogP contribution < -0.4 is 0 Å². The Bertz CT molecular complexity index is 241. The summed E-state index contributed by atoms with van der Waals surface area (Å²) >= 11 is 0. The minimum absolute atomic E-state index is 0.279. The molecule has 0 aliphatic carbocycles. The fourth-order valence-electron chi connectivity index (χ4n) is 2.01.